The number of alkyl halides is 2. The highest BCUT2D eigenvalue weighted by atomic mass is 19.4. The van der Waals surface area contributed by atoms with Crippen LogP contribution in [0.4, 0.5) is 21.7 Å². The van der Waals surface area contributed by atoms with E-state index in [0.717, 1.165) is 0 Å². The highest BCUT2D eigenvalue weighted by Crippen LogP contribution is 2.33. The van der Waals surface area contributed by atoms with Crippen molar-refractivity contribution in [2.24, 2.45) is 0 Å². The van der Waals surface area contributed by atoms with Gasteiger partial charge in [0.2, 0.25) is 5.92 Å². The maximum atomic E-state index is 12.6. The van der Waals surface area contributed by atoms with Gasteiger partial charge in [-0.25, -0.2) is 8.78 Å². The van der Waals surface area contributed by atoms with E-state index in [1.807, 2.05) is 0 Å². The molecular formula is C7H12BF5N-. The quantitative estimate of drug-likeness (QED) is 0.564. The minimum absolute atomic E-state index is 0.124. The van der Waals surface area contributed by atoms with E-state index in [9.17, 15) is 21.7 Å². The van der Waals surface area contributed by atoms with Gasteiger partial charge in [-0.15, -0.1) is 0 Å². The molecule has 1 nitrogen and oxygen atoms in total. The van der Waals surface area contributed by atoms with Gasteiger partial charge in [0.25, 0.3) is 0 Å². The summed E-state index contributed by atoms with van der Waals surface area (Å²) in [4.78, 5) is 0. The van der Waals surface area contributed by atoms with Crippen LogP contribution < -0.4 is 5.32 Å². The molecule has 14 heavy (non-hydrogen) atoms. The number of nitrogens with one attached hydrogen (secondary N) is 1. The van der Waals surface area contributed by atoms with Gasteiger partial charge < -0.3 is 18.3 Å². The van der Waals surface area contributed by atoms with Crippen LogP contribution >= 0.6 is 0 Å². The molecule has 0 unspecified atom stereocenters. The summed E-state index contributed by atoms with van der Waals surface area (Å²) in [6.07, 6.45) is -1.40. The largest absolute Gasteiger partial charge is 0.491 e. The standard InChI is InChI=1S/C7H12BF5N/c9-7(10)3-1-6(2-4-7)14-5-8(11,12)13/h6,14H,1-5H2/q-1. The molecule has 84 valence electrons. The number of hydrogen-bond donors (Lipinski definition) is 1. The molecule has 0 aromatic heterocycles. The van der Waals surface area contributed by atoms with E-state index < -0.39 is 25.4 Å². The number of hydrogen-bond acceptors (Lipinski definition) is 1. The van der Waals surface area contributed by atoms with Crippen LogP contribution in [0.1, 0.15) is 25.7 Å². The number of rotatable bonds is 3. The first kappa shape index (κ1) is 11.7. The Morgan fingerprint density at radius 3 is 2.07 bits per heavy atom. The second-order valence-corrected chi connectivity index (χ2v) is 3.75. The van der Waals surface area contributed by atoms with Crippen molar-refractivity contribution in [3.05, 3.63) is 0 Å². The zero-order valence-electron chi connectivity index (χ0n) is 7.58. The van der Waals surface area contributed by atoms with Crippen molar-refractivity contribution in [3.8, 4) is 0 Å². The summed E-state index contributed by atoms with van der Waals surface area (Å²) in [5, 5.41) is 2.27. The molecule has 0 aliphatic heterocycles. The van der Waals surface area contributed by atoms with Crippen molar-refractivity contribution in [3.63, 3.8) is 0 Å². The van der Waals surface area contributed by atoms with Crippen LogP contribution in [0.5, 0.6) is 0 Å². The molecule has 1 aliphatic rings. The smallest absolute Gasteiger partial charge is 0.448 e. The highest BCUT2D eigenvalue weighted by molar-refractivity contribution is 6.58. The third-order valence-corrected chi connectivity index (χ3v) is 2.36. The second kappa shape index (κ2) is 4.04. The summed E-state index contributed by atoms with van der Waals surface area (Å²) in [5.74, 6) is -2.68. The monoisotopic (exact) mass is 216 g/mol. The van der Waals surface area contributed by atoms with Crippen LogP contribution in [0.25, 0.3) is 0 Å². The molecule has 7 heteroatoms. The Bertz CT molecular complexity index is 183. The van der Waals surface area contributed by atoms with E-state index in [1.165, 1.54) is 0 Å². The molecule has 1 rings (SSSR count). The van der Waals surface area contributed by atoms with Crippen molar-refractivity contribution >= 4 is 6.98 Å². The van der Waals surface area contributed by atoms with E-state index in [-0.39, 0.29) is 25.7 Å². The molecule has 0 bridgehead atoms. The summed E-state index contributed by atoms with van der Waals surface area (Å²) < 4.78 is 60.7. The van der Waals surface area contributed by atoms with Gasteiger partial charge >= 0.3 is 6.98 Å². The lowest BCUT2D eigenvalue weighted by Crippen LogP contribution is -2.43. The van der Waals surface area contributed by atoms with E-state index in [2.05, 4.69) is 5.32 Å². The topological polar surface area (TPSA) is 12.0 Å². The Morgan fingerprint density at radius 1 is 1.14 bits per heavy atom. The van der Waals surface area contributed by atoms with E-state index >= 15 is 0 Å². The third kappa shape index (κ3) is 4.26. The van der Waals surface area contributed by atoms with Crippen molar-refractivity contribution in [2.45, 2.75) is 37.6 Å². The Hall–Kier alpha value is -0.325. The van der Waals surface area contributed by atoms with E-state index in [4.69, 9.17) is 0 Å². The van der Waals surface area contributed by atoms with Crippen molar-refractivity contribution in [1.82, 2.24) is 5.32 Å². The molecule has 0 aromatic rings. The van der Waals surface area contributed by atoms with Crippen LogP contribution in [-0.2, 0) is 0 Å². The Morgan fingerprint density at radius 2 is 1.64 bits per heavy atom. The van der Waals surface area contributed by atoms with Gasteiger partial charge in [-0.3, -0.25) is 0 Å². The maximum Gasteiger partial charge on any atom is 0.491 e. The van der Waals surface area contributed by atoms with Crippen molar-refractivity contribution < 1.29 is 21.7 Å². The van der Waals surface area contributed by atoms with Crippen LogP contribution in [0.15, 0.2) is 0 Å². The molecular weight excluding hydrogens is 204 g/mol. The molecule has 0 amide bonds. The SMILES string of the molecule is F[B-](F)(F)CNC1CCC(F)(F)CC1. The second-order valence-electron chi connectivity index (χ2n) is 3.75. The Balaban J connectivity index is 2.23. The molecule has 0 atom stereocenters. The molecule has 1 saturated carbocycles. The first-order valence-corrected chi connectivity index (χ1v) is 4.61. The average molecular weight is 216 g/mol. The van der Waals surface area contributed by atoms with Gasteiger partial charge in [-0.2, -0.15) is 0 Å². The minimum atomic E-state index is -4.85. The zero-order valence-corrected chi connectivity index (χ0v) is 7.58. The van der Waals surface area contributed by atoms with Crippen molar-refractivity contribution in [2.75, 3.05) is 6.44 Å². The van der Waals surface area contributed by atoms with Gasteiger partial charge in [0.05, 0.1) is 0 Å². The average Bonchev–Trinajstić information content (AvgIpc) is 2.01. The van der Waals surface area contributed by atoms with Gasteiger partial charge in [0.1, 0.15) is 0 Å². The van der Waals surface area contributed by atoms with Gasteiger partial charge in [-0.05, 0) is 19.3 Å². The third-order valence-electron chi connectivity index (χ3n) is 2.36. The molecule has 1 aliphatic carbocycles. The lowest BCUT2D eigenvalue weighted by atomic mass is 9.88. The molecule has 0 spiro atoms. The highest BCUT2D eigenvalue weighted by Gasteiger charge is 2.35. The van der Waals surface area contributed by atoms with E-state index in [0.29, 0.717) is 0 Å². The number of halogens is 5. The van der Waals surface area contributed by atoms with Crippen LogP contribution in [0.2, 0.25) is 0 Å². The van der Waals surface area contributed by atoms with Crippen LogP contribution in [0, 0.1) is 0 Å². The fourth-order valence-corrected chi connectivity index (χ4v) is 1.54. The first-order chi connectivity index (χ1) is 6.29. The van der Waals surface area contributed by atoms with Gasteiger partial charge in [0.15, 0.2) is 0 Å². The van der Waals surface area contributed by atoms with Crippen LogP contribution in [-0.4, -0.2) is 25.4 Å². The summed E-state index contributed by atoms with van der Waals surface area (Å²) in [6.45, 7) is -4.85. The lowest BCUT2D eigenvalue weighted by molar-refractivity contribution is -0.0401. The minimum Gasteiger partial charge on any atom is -0.448 e. The lowest BCUT2D eigenvalue weighted by Gasteiger charge is -2.30. The fourth-order valence-electron chi connectivity index (χ4n) is 1.54. The summed E-state index contributed by atoms with van der Waals surface area (Å²) in [5.41, 5.74) is 0. The summed E-state index contributed by atoms with van der Waals surface area (Å²) in [6, 6.07) is -0.405. The van der Waals surface area contributed by atoms with E-state index in [1.54, 1.807) is 0 Å². The molecule has 1 N–H and O–H groups in total. The molecule has 0 aromatic carbocycles. The molecule has 1 fully saturated rings. The molecule has 0 heterocycles. The summed E-state index contributed by atoms with van der Waals surface area (Å²) in [7, 11) is 0. The fraction of sp³-hybridized carbons (Fsp3) is 1.00. The Labute approximate surface area is 79.1 Å². The Kier molecular flexibility index (Phi) is 3.39. The molecule has 0 radical (unpaired) electrons. The predicted molar refractivity (Wildman–Crippen MR) is 44.3 cm³/mol. The van der Waals surface area contributed by atoms with Gasteiger partial charge in [-0.1, -0.05) is 0 Å². The maximum absolute atomic E-state index is 12.6. The molecule has 0 saturated heterocycles. The zero-order chi connectivity index (χ0) is 10.8. The summed E-state index contributed by atoms with van der Waals surface area (Å²) >= 11 is 0. The van der Waals surface area contributed by atoms with Crippen LogP contribution in [0.3, 0.4) is 0 Å². The first-order valence-electron chi connectivity index (χ1n) is 4.61. The predicted octanol–water partition coefficient (Wildman–Crippen LogP) is 2.54. The van der Waals surface area contributed by atoms with Gasteiger partial charge in [0, 0.05) is 18.9 Å². The van der Waals surface area contributed by atoms with Crippen molar-refractivity contribution in [1.29, 1.82) is 0 Å². The normalized spacial score (nSPS) is 23.8.